The highest BCUT2D eigenvalue weighted by Crippen LogP contribution is 2.31. The van der Waals surface area contributed by atoms with Crippen LogP contribution in [-0.2, 0) is 9.59 Å². The van der Waals surface area contributed by atoms with Gasteiger partial charge < -0.3 is 15.4 Å². The number of carbonyl (C=O) groups is 2. The second kappa shape index (κ2) is 4.83. The molecule has 1 saturated heterocycles. The molecule has 1 unspecified atom stereocenters. The molecule has 0 aromatic heterocycles. The highest BCUT2D eigenvalue weighted by atomic mass is 19.1. The summed E-state index contributed by atoms with van der Waals surface area (Å²) in [7, 11) is 1.14. The van der Waals surface area contributed by atoms with E-state index in [1.54, 1.807) is 0 Å². The Hall–Kier alpha value is -2.18. The van der Waals surface area contributed by atoms with Gasteiger partial charge in [-0.3, -0.25) is 9.59 Å². The fraction of sp³-hybridized carbons (Fsp3) is 0.333. The van der Waals surface area contributed by atoms with Crippen molar-refractivity contribution in [3.8, 4) is 5.75 Å². The molecule has 0 aliphatic carbocycles. The SMILES string of the molecule is COc1c(F)cc(N2CC(C(N)=O)CC2=O)cc1F. The lowest BCUT2D eigenvalue weighted by atomic mass is 10.1. The molecular formula is C12H12F2N2O3. The zero-order valence-corrected chi connectivity index (χ0v) is 10.2. The van der Waals surface area contributed by atoms with Crippen LogP contribution in [0.4, 0.5) is 14.5 Å². The molecule has 1 atom stereocenters. The molecule has 1 heterocycles. The zero-order chi connectivity index (χ0) is 14.2. The molecular weight excluding hydrogens is 258 g/mol. The number of hydrogen-bond acceptors (Lipinski definition) is 3. The molecule has 2 N–H and O–H groups in total. The Balaban J connectivity index is 2.33. The number of carbonyl (C=O) groups excluding carboxylic acids is 2. The number of benzene rings is 1. The van der Waals surface area contributed by atoms with E-state index in [0.29, 0.717) is 0 Å². The van der Waals surface area contributed by atoms with Gasteiger partial charge in [-0.05, 0) is 0 Å². The summed E-state index contributed by atoms with van der Waals surface area (Å²) in [5, 5.41) is 0. The van der Waals surface area contributed by atoms with Crippen molar-refractivity contribution in [3.63, 3.8) is 0 Å². The van der Waals surface area contributed by atoms with Gasteiger partial charge in [0.1, 0.15) is 0 Å². The number of hydrogen-bond donors (Lipinski definition) is 1. The molecule has 2 amide bonds. The lowest BCUT2D eigenvalue weighted by Crippen LogP contribution is -2.28. The predicted molar refractivity (Wildman–Crippen MR) is 62.6 cm³/mol. The summed E-state index contributed by atoms with van der Waals surface area (Å²) >= 11 is 0. The van der Waals surface area contributed by atoms with Gasteiger partial charge in [0.15, 0.2) is 17.4 Å². The third kappa shape index (κ3) is 2.35. The van der Waals surface area contributed by atoms with E-state index in [0.717, 1.165) is 24.1 Å². The molecule has 1 aliphatic heterocycles. The highest BCUT2D eigenvalue weighted by molar-refractivity contribution is 6.00. The summed E-state index contributed by atoms with van der Waals surface area (Å²) < 4.78 is 31.7. The maximum atomic E-state index is 13.6. The number of amides is 2. The monoisotopic (exact) mass is 270 g/mol. The second-order valence-corrected chi connectivity index (χ2v) is 4.25. The molecule has 7 heteroatoms. The Morgan fingerprint density at radius 1 is 1.42 bits per heavy atom. The second-order valence-electron chi connectivity index (χ2n) is 4.25. The summed E-state index contributed by atoms with van der Waals surface area (Å²) in [6.07, 6.45) is -0.0510. The summed E-state index contributed by atoms with van der Waals surface area (Å²) in [5.41, 5.74) is 5.17. The molecule has 2 rings (SSSR count). The minimum atomic E-state index is -0.909. The van der Waals surface area contributed by atoms with E-state index >= 15 is 0 Å². The third-order valence-electron chi connectivity index (χ3n) is 3.03. The summed E-state index contributed by atoms with van der Waals surface area (Å²) in [6, 6.07) is 1.98. The smallest absolute Gasteiger partial charge is 0.227 e. The van der Waals surface area contributed by atoms with E-state index in [1.165, 1.54) is 0 Å². The summed E-state index contributed by atoms with van der Waals surface area (Å²) in [6.45, 7) is 0.0272. The van der Waals surface area contributed by atoms with Gasteiger partial charge in [-0.1, -0.05) is 0 Å². The lowest BCUT2D eigenvalue weighted by Gasteiger charge is -2.17. The minimum Gasteiger partial charge on any atom is -0.491 e. The number of primary amides is 1. The fourth-order valence-electron chi connectivity index (χ4n) is 2.05. The Bertz CT molecular complexity index is 525. The predicted octanol–water partition coefficient (Wildman–Crippen LogP) is 0.812. The zero-order valence-electron chi connectivity index (χ0n) is 10.2. The topological polar surface area (TPSA) is 72.6 Å². The Labute approximate surface area is 107 Å². The quantitative estimate of drug-likeness (QED) is 0.883. The van der Waals surface area contributed by atoms with Crippen LogP contribution in [-0.4, -0.2) is 25.5 Å². The highest BCUT2D eigenvalue weighted by Gasteiger charge is 2.34. The number of nitrogens with two attached hydrogens (primary N) is 1. The summed E-state index contributed by atoms with van der Waals surface area (Å²) in [4.78, 5) is 23.9. The van der Waals surface area contributed by atoms with Crippen molar-refractivity contribution >= 4 is 17.5 Å². The van der Waals surface area contributed by atoms with Gasteiger partial charge >= 0.3 is 0 Å². The number of halogens is 2. The van der Waals surface area contributed by atoms with E-state index in [-0.39, 0.29) is 18.7 Å². The summed E-state index contributed by atoms with van der Waals surface area (Å²) in [5.74, 6) is -3.97. The molecule has 0 saturated carbocycles. The van der Waals surface area contributed by atoms with Crippen molar-refractivity contribution in [2.45, 2.75) is 6.42 Å². The molecule has 1 aromatic carbocycles. The van der Waals surface area contributed by atoms with E-state index in [4.69, 9.17) is 5.73 Å². The van der Waals surface area contributed by atoms with Crippen molar-refractivity contribution in [2.24, 2.45) is 11.7 Å². The Morgan fingerprint density at radius 3 is 2.42 bits per heavy atom. The van der Waals surface area contributed by atoms with E-state index in [1.807, 2.05) is 0 Å². The van der Waals surface area contributed by atoms with Crippen LogP contribution in [0, 0.1) is 17.6 Å². The number of anilines is 1. The van der Waals surface area contributed by atoms with Gasteiger partial charge in [0.2, 0.25) is 11.8 Å². The van der Waals surface area contributed by atoms with Gasteiger partial charge in [-0.2, -0.15) is 0 Å². The van der Waals surface area contributed by atoms with Crippen LogP contribution in [0.3, 0.4) is 0 Å². The first-order chi connectivity index (χ1) is 8.93. The molecule has 102 valence electrons. The molecule has 0 radical (unpaired) electrons. The van der Waals surface area contributed by atoms with Crippen molar-refractivity contribution in [1.29, 1.82) is 0 Å². The van der Waals surface area contributed by atoms with E-state index < -0.39 is 35.1 Å². The first kappa shape index (κ1) is 13.3. The van der Waals surface area contributed by atoms with Crippen molar-refractivity contribution in [1.82, 2.24) is 0 Å². The van der Waals surface area contributed by atoms with Crippen LogP contribution < -0.4 is 15.4 Å². The lowest BCUT2D eigenvalue weighted by molar-refractivity contribution is -0.123. The Morgan fingerprint density at radius 2 is 2.00 bits per heavy atom. The van der Waals surface area contributed by atoms with Gasteiger partial charge in [-0.15, -0.1) is 0 Å². The van der Waals surface area contributed by atoms with Gasteiger partial charge in [0, 0.05) is 30.8 Å². The van der Waals surface area contributed by atoms with Crippen LogP contribution in [0.5, 0.6) is 5.75 Å². The van der Waals surface area contributed by atoms with Crippen molar-refractivity contribution in [3.05, 3.63) is 23.8 Å². The molecule has 5 nitrogen and oxygen atoms in total. The molecule has 0 bridgehead atoms. The van der Waals surface area contributed by atoms with Gasteiger partial charge in [0.25, 0.3) is 0 Å². The molecule has 1 aromatic rings. The average Bonchev–Trinajstić information content (AvgIpc) is 2.71. The van der Waals surface area contributed by atoms with Crippen LogP contribution >= 0.6 is 0 Å². The number of methoxy groups -OCH3 is 1. The standard InChI is InChI=1S/C12H12F2N2O3/c1-19-11-8(13)3-7(4-9(11)14)16-5-6(12(15)18)2-10(16)17/h3-4,6H,2,5H2,1H3,(H2,15,18). The van der Waals surface area contributed by atoms with Gasteiger partial charge in [-0.25, -0.2) is 8.78 Å². The molecule has 19 heavy (non-hydrogen) atoms. The van der Waals surface area contributed by atoms with Crippen molar-refractivity contribution in [2.75, 3.05) is 18.6 Å². The molecule has 1 fully saturated rings. The molecule has 1 aliphatic rings. The number of rotatable bonds is 3. The van der Waals surface area contributed by atoms with Crippen LogP contribution in [0.25, 0.3) is 0 Å². The third-order valence-corrected chi connectivity index (χ3v) is 3.03. The van der Waals surface area contributed by atoms with E-state index in [9.17, 15) is 18.4 Å². The fourth-order valence-corrected chi connectivity index (χ4v) is 2.05. The first-order valence-electron chi connectivity index (χ1n) is 5.56. The number of ether oxygens (including phenoxy) is 1. The molecule has 0 spiro atoms. The van der Waals surface area contributed by atoms with Gasteiger partial charge in [0.05, 0.1) is 13.0 Å². The Kier molecular flexibility index (Phi) is 3.37. The average molecular weight is 270 g/mol. The minimum absolute atomic E-state index is 0.0272. The first-order valence-corrected chi connectivity index (χ1v) is 5.56. The van der Waals surface area contributed by atoms with E-state index in [2.05, 4.69) is 4.74 Å². The van der Waals surface area contributed by atoms with Crippen LogP contribution in [0.2, 0.25) is 0 Å². The largest absolute Gasteiger partial charge is 0.491 e. The maximum Gasteiger partial charge on any atom is 0.227 e. The van der Waals surface area contributed by atoms with Crippen LogP contribution in [0.1, 0.15) is 6.42 Å². The maximum absolute atomic E-state index is 13.6. The normalized spacial score (nSPS) is 18.8. The van der Waals surface area contributed by atoms with Crippen molar-refractivity contribution < 1.29 is 23.1 Å². The number of nitrogens with zero attached hydrogens (tertiary/aromatic N) is 1. The van der Waals surface area contributed by atoms with Crippen LogP contribution in [0.15, 0.2) is 12.1 Å².